The van der Waals surface area contributed by atoms with Crippen molar-refractivity contribution in [3.63, 3.8) is 0 Å². The third kappa shape index (κ3) is 3.34. The largest absolute Gasteiger partial charge is 0.497 e. The first-order chi connectivity index (χ1) is 11.2. The fraction of sp³-hybridized carbons (Fsp3) is 0.222. The number of ether oxygens (including phenoxy) is 1. The van der Waals surface area contributed by atoms with Gasteiger partial charge in [-0.15, -0.1) is 0 Å². The van der Waals surface area contributed by atoms with Crippen molar-refractivity contribution in [2.45, 2.75) is 20.0 Å². The molecule has 0 fully saturated rings. The number of benzene rings is 2. The number of carbonyl (C=O) groups excluding carboxylic acids is 1. The number of methoxy groups -OCH3 is 1. The maximum absolute atomic E-state index is 12.2. The Balaban J connectivity index is 1.68. The van der Waals surface area contributed by atoms with Crippen LogP contribution in [0.1, 0.15) is 11.4 Å². The van der Waals surface area contributed by atoms with E-state index in [1.807, 2.05) is 60.0 Å². The van der Waals surface area contributed by atoms with Gasteiger partial charge in [-0.2, -0.15) is 0 Å². The number of carbonyl (C=O) groups is 1. The van der Waals surface area contributed by atoms with Gasteiger partial charge >= 0.3 is 0 Å². The topological polar surface area (TPSA) is 56.1 Å². The van der Waals surface area contributed by atoms with Gasteiger partial charge in [0.2, 0.25) is 5.91 Å². The van der Waals surface area contributed by atoms with Crippen molar-refractivity contribution < 1.29 is 9.53 Å². The van der Waals surface area contributed by atoms with Gasteiger partial charge in [-0.3, -0.25) is 4.79 Å². The van der Waals surface area contributed by atoms with Crippen LogP contribution in [-0.2, 0) is 17.9 Å². The van der Waals surface area contributed by atoms with E-state index in [-0.39, 0.29) is 12.5 Å². The quantitative estimate of drug-likeness (QED) is 0.788. The minimum absolute atomic E-state index is 0.0425. The zero-order chi connectivity index (χ0) is 16.2. The standard InChI is InChI=1S/C18H19N3O2/c1-13-20-16-8-3-4-9-17(16)21(13)12-18(22)19-11-14-6-5-7-15(10-14)23-2/h3-10H,11-12H2,1-2H3,(H,19,22). The molecule has 1 aromatic heterocycles. The van der Waals surface area contributed by atoms with Gasteiger partial charge in [0.25, 0.3) is 0 Å². The molecular weight excluding hydrogens is 290 g/mol. The summed E-state index contributed by atoms with van der Waals surface area (Å²) >= 11 is 0. The first-order valence-corrected chi connectivity index (χ1v) is 7.49. The normalized spacial score (nSPS) is 10.7. The fourth-order valence-electron chi connectivity index (χ4n) is 2.58. The average Bonchev–Trinajstić information content (AvgIpc) is 2.89. The molecule has 0 aliphatic carbocycles. The van der Waals surface area contributed by atoms with Gasteiger partial charge in [0.1, 0.15) is 18.1 Å². The van der Waals surface area contributed by atoms with Crippen LogP contribution >= 0.6 is 0 Å². The van der Waals surface area contributed by atoms with E-state index in [2.05, 4.69) is 10.3 Å². The van der Waals surface area contributed by atoms with Crippen molar-refractivity contribution in [1.29, 1.82) is 0 Å². The summed E-state index contributed by atoms with van der Waals surface area (Å²) in [5.41, 5.74) is 2.89. The van der Waals surface area contributed by atoms with Crippen LogP contribution in [0.2, 0.25) is 0 Å². The molecule has 0 aliphatic rings. The summed E-state index contributed by atoms with van der Waals surface area (Å²) in [6.45, 7) is 2.65. The highest BCUT2D eigenvalue weighted by molar-refractivity contribution is 5.81. The third-order valence-electron chi connectivity index (χ3n) is 3.77. The van der Waals surface area contributed by atoms with Gasteiger partial charge in [-0.05, 0) is 36.8 Å². The lowest BCUT2D eigenvalue weighted by Crippen LogP contribution is -2.27. The van der Waals surface area contributed by atoms with E-state index in [1.54, 1.807) is 7.11 Å². The molecule has 0 aliphatic heterocycles. The predicted molar refractivity (Wildman–Crippen MR) is 89.3 cm³/mol. The monoisotopic (exact) mass is 309 g/mol. The second-order valence-corrected chi connectivity index (χ2v) is 5.36. The highest BCUT2D eigenvalue weighted by Crippen LogP contribution is 2.15. The first-order valence-electron chi connectivity index (χ1n) is 7.49. The second kappa shape index (κ2) is 6.52. The van der Waals surface area contributed by atoms with Crippen LogP contribution < -0.4 is 10.1 Å². The van der Waals surface area contributed by atoms with E-state index in [0.29, 0.717) is 6.54 Å². The SMILES string of the molecule is COc1cccc(CNC(=O)Cn2c(C)nc3ccccc32)c1. The number of hydrogen-bond acceptors (Lipinski definition) is 3. The Bertz CT molecular complexity index is 839. The molecule has 0 atom stereocenters. The average molecular weight is 309 g/mol. The zero-order valence-electron chi connectivity index (χ0n) is 13.2. The lowest BCUT2D eigenvalue weighted by atomic mass is 10.2. The molecule has 0 spiro atoms. The molecule has 0 unspecified atom stereocenters. The number of nitrogens with zero attached hydrogens (tertiary/aromatic N) is 2. The number of rotatable bonds is 5. The summed E-state index contributed by atoms with van der Waals surface area (Å²) in [5, 5.41) is 2.94. The van der Waals surface area contributed by atoms with Gasteiger partial charge in [-0.1, -0.05) is 24.3 Å². The summed E-state index contributed by atoms with van der Waals surface area (Å²) in [4.78, 5) is 16.7. The Hall–Kier alpha value is -2.82. The first kappa shape index (κ1) is 15.1. The van der Waals surface area contributed by atoms with Gasteiger partial charge < -0.3 is 14.6 Å². The Morgan fingerprint density at radius 3 is 2.87 bits per heavy atom. The number of para-hydroxylation sites is 2. The van der Waals surface area contributed by atoms with Crippen LogP contribution in [0.25, 0.3) is 11.0 Å². The van der Waals surface area contributed by atoms with Gasteiger partial charge in [0.15, 0.2) is 0 Å². The second-order valence-electron chi connectivity index (χ2n) is 5.36. The molecule has 5 nitrogen and oxygen atoms in total. The maximum atomic E-state index is 12.2. The molecule has 2 aromatic carbocycles. The number of imidazole rings is 1. The summed E-state index contributed by atoms with van der Waals surface area (Å²) in [6, 6.07) is 15.5. The van der Waals surface area contributed by atoms with Crippen LogP contribution in [0.3, 0.4) is 0 Å². The third-order valence-corrected chi connectivity index (χ3v) is 3.77. The molecule has 5 heteroatoms. The van der Waals surface area contributed by atoms with Crippen LogP contribution in [0.15, 0.2) is 48.5 Å². The number of aryl methyl sites for hydroxylation is 1. The van der Waals surface area contributed by atoms with Crippen LogP contribution in [-0.4, -0.2) is 22.6 Å². The lowest BCUT2D eigenvalue weighted by Gasteiger charge is -2.09. The smallest absolute Gasteiger partial charge is 0.240 e. The molecule has 1 N–H and O–H groups in total. The molecule has 118 valence electrons. The van der Waals surface area contributed by atoms with Crippen LogP contribution in [0, 0.1) is 6.92 Å². The molecule has 0 saturated carbocycles. The van der Waals surface area contributed by atoms with E-state index >= 15 is 0 Å². The number of fused-ring (bicyclic) bond motifs is 1. The van der Waals surface area contributed by atoms with E-state index < -0.39 is 0 Å². The molecular formula is C18H19N3O2. The summed E-state index contributed by atoms with van der Waals surface area (Å²) < 4.78 is 7.11. The Labute approximate surface area is 134 Å². The van der Waals surface area contributed by atoms with Crippen molar-refractivity contribution in [2.24, 2.45) is 0 Å². The zero-order valence-corrected chi connectivity index (χ0v) is 13.2. The van der Waals surface area contributed by atoms with E-state index in [4.69, 9.17) is 4.74 Å². The van der Waals surface area contributed by atoms with Crippen molar-refractivity contribution in [2.75, 3.05) is 7.11 Å². The van der Waals surface area contributed by atoms with Crippen molar-refractivity contribution in [3.05, 3.63) is 59.9 Å². The summed E-state index contributed by atoms with van der Waals surface area (Å²) in [7, 11) is 1.63. The Morgan fingerprint density at radius 2 is 2.04 bits per heavy atom. The minimum Gasteiger partial charge on any atom is -0.497 e. The van der Waals surface area contributed by atoms with E-state index in [1.165, 1.54) is 0 Å². The molecule has 1 amide bonds. The van der Waals surface area contributed by atoms with E-state index in [9.17, 15) is 4.79 Å². The van der Waals surface area contributed by atoms with E-state index in [0.717, 1.165) is 28.2 Å². The fourth-order valence-corrected chi connectivity index (χ4v) is 2.58. The van der Waals surface area contributed by atoms with Crippen molar-refractivity contribution >= 4 is 16.9 Å². The summed E-state index contributed by atoms with van der Waals surface area (Å²) in [5.74, 6) is 1.58. The maximum Gasteiger partial charge on any atom is 0.240 e. The molecule has 1 heterocycles. The molecule has 3 rings (SSSR count). The summed E-state index contributed by atoms with van der Waals surface area (Å²) in [6.07, 6.45) is 0. The van der Waals surface area contributed by atoms with Gasteiger partial charge in [0, 0.05) is 6.54 Å². The highest BCUT2D eigenvalue weighted by atomic mass is 16.5. The lowest BCUT2D eigenvalue weighted by molar-refractivity contribution is -0.121. The Kier molecular flexibility index (Phi) is 4.28. The number of aromatic nitrogens is 2. The van der Waals surface area contributed by atoms with Crippen LogP contribution in [0.5, 0.6) is 5.75 Å². The number of amides is 1. The predicted octanol–water partition coefficient (Wildman–Crippen LogP) is 2.67. The molecule has 0 bridgehead atoms. The van der Waals surface area contributed by atoms with Gasteiger partial charge in [0.05, 0.1) is 18.1 Å². The van der Waals surface area contributed by atoms with Crippen LogP contribution in [0.4, 0.5) is 0 Å². The van der Waals surface area contributed by atoms with Crippen molar-refractivity contribution in [3.8, 4) is 5.75 Å². The number of nitrogens with one attached hydrogen (secondary N) is 1. The molecule has 0 radical (unpaired) electrons. The Morgan fingerprint density at radius 1 is 1.22 bits per heavy atom. The molecule has 0 saturated heterocycles. The van der Waals surface area contributed by atoms with Gasteiger partial charge in [-0.25, -0.2) is 4.98 Å². The minimum atomic E-state index is -0.0425. The number of hydrogen-bond donors (Lipinski definition) is 1. The molecule has 3 aromatic rings. The molecule has 23 heavy (non-hydrogen) atoms. The van der Waals surface area contributed by atoms with Crippen molar-refractivity contribution in [1.82, 2.24) is 14.9 Å². The highest BCUT2D eigenvalue weighted by Gasteiger charge is 2.10.